The third kappa shape index (κ3) is 5.10. The van der Waals surface area contributed by atoms with Gasteiger partial charge in [0.2, 0.25) is 0 Å². The first-order valence-corrected chi connectivity index (χ1v) is 16.0. The molecule has 0 aliphatic carbocycles. The lowest BCUT2D eigenvalue weighted by Crippen LogP contribution is -2.38. The molecule has 0 saturated carbocycles. The Morgan fingerprint density at radius 1 is 0.773 bits per heavy atom. The second-order valence-corrected chi connectivity index (χ2v) is 13.0. The number of anilines is 1. The van der Waals surface area contributed by atoms with Crippen LogP contribution in [0.3, 0.4) is 0 Å². The molecular weight excluding hydrogens is 632 g/mol. The van der Waals surface area contributed by atoms with Gasteiger partial charge in [-0.2, -0.15) is 0 Å². The number of nitrogens with two attached hydrogens (primary N) is 1. The van der Waals surface area contributed by atoms with E-state index in [1.807, 2.05) is 0 Å². The molecule has 4 aromatic rings. The fourth-order valence-electron chi connectivity index (χ4n) is 5.30. The largest absolute Gasteiger partial charge is 0.472 e. The van der Waals surface area contributed by atoms with E-state index in [0.717, 1.165) is 6.33 Å². The number of phosphoric ester groups is 2. The number of aliphatic hydroxyl groups is 2. The van der Waals surface area contributed by atoms with Crippen LogP contribution in [0.15, 0.2) is 25.3 Å². The van der Waals surface area contributed by atoms with Crippen LogP contribution in [0.5, 0.6) is 0 Å². The highest BCUT2D eigenvalue weighted by Gasteiger charge is 2.53. The number of hydrogen-bond acceptors (Lipinski definition) is 17. The number of hydrogen-bond donors (Lipinski definition) is 5. The first-order valence-electron chi connectivity index (χ1n) is 13.0. The molecule has 7 rings (SSSR count). The van der Waals surface area contributed by atoms with Crippen molar-refractivity contribution < 1.29 is 56.7 Å². The fourth-order valence-corrected chi connectivity index (χ4v) is 7.17. The number of phosphoric acid groups is 2. The quantitative estimate of drug-likeness (QED) is 0.163. The van der Waals surface area contributed by atoms with E-state index in [2.05, 4.69) is 29.9 Å². The van der Waals surface area contributed by atoms with Crippen LogP contribution in [0.25, 0.3) is 22.3 Å². The van der Waals surface area contributed by atoms with E-state index in [4.69, 9.17) is 33.3 Å². The van der Waals surface area contributed by atoms with E-state index < -0.39 is 77.9 Å². The SMILES string of the molecule is Cc1ncnc2c1ncn2C1OC2COP(=O)(O)OC3C(O)C(COP(=O)(O)OC1C2O)OC3n1cnc2c(N)ncnc21. The maximum atomic E-state index is 13.2. The lowest BCUT2D eigenvalue weighted by Gasteiger charge is -2.26. The number of imidazole rings is 2. The summed E-state index contributed by atoms with van der Waals surface area (Å²) in [6.07, 6.45) is -7.10. The van der Waals surface area contributed by atoms with Crippen LogP contribution in [-0.2, 0) is 36.7 Å². The van der Waals surface area contributed by atoms with E-state index in [0.29, 0.717) is 11.2 Å². The van der Waals surface area contributed by atoms with Crippen LogP contribution in [0.2, 0.25) is 0 Å². The van der Waals surface area contributed by atoms with Crippen molar-refractivity contribution in [3.8, 4) is 0 Å². The van der Waals surface area contributed by atoms with E-state index >= 15 is 0 Å². The van der Waals surface area contributed by atoms with Crippen LogP contribution in [0.1, 0.15) is 18.1 Å². The molecule has 21 nitrogen and oxygen atoms in total. The summed E-state index contributed by atoms with van der Waals surface area (Å²) in [5, 5.41) is 22.1. The van der Waals surface area contributed by atoms with Crippen LogP contribution in [0, 0.1) is 6.92 Å². The molecule has 23 heteroatoms. The summed E-state index contributed by atoms with van der Waals surface area (Å²) in [4.78, 5) is 45.9. The molecule has 236 valence electrons. The zero-order valence-electron chi connectivity index (χ0n) is 22.4. The third-order valence-electron chi connectivity index (χ3n) is 7.42. The Morgan fingerprint density at radius 2 is 1.25 bits per heavy atom. The van der Waals surface area contributed by atoms with Gasteiger partial charge < -0.3 is 35.2 Å². The van der Waals surface area contributed by atoms with Crippen LogP contribution >= 0.6 is 15.6 Å². The predicted molar refractivity (Wildman–Crippen MR) is 141 cm³/mol. The van der Waals surface area contributed by atoms with Gasteiger partial charge in [0.1, 0.15) is 60.3 Å². The molecule has 0 radical (unpaired) electrons. The van der Waals surface area contributed by atoms with E-state index in [9.17, 15) is 29.1 Å². The standard InChI is InChI=1S/C21H25N9O12P2/c1-8-11-18(25-4-23-8)29(6-27-11)20-15-13(31)9(39-20)2-37-44(35,36)42-16-14(32)10(3-38-43(33,34)41-15)40-21(16)30-7-28-12-17(22)24-5-26-19(12)30/h4-7,9-10,13-16,20-21,31-32H,2-3H2,1H3,(H,33,34)(H,35,36)(H2,22,24,26). The monoisotopic (exact) mass is 657 g/mol. The number of ether oxygens (including phenoxy) is 2. The van der Waals surface area contributed by atoms with Crippen LogP contribution in [-0.4, -0.2) is 109 Å². The van der Waals surface area contributed by atoms with Crippen LogP contribution < -0.4 is 5.73 Å². The van der Waals surface area contributed by atoms with Gasteiger partial charge in [-0.15, -0.1) is 0 Å². The maximum absolute atomic E-state index is 13.2. The van der Waals surface area contributed by atoms with E-state index in [-0.39, 0.29) is 22.6 Å². The van der Waals surface area contributed by atoms with Gasteiger partial charge >= 0.3 is 15.6 Å². The molecule has 6 N–H and O–H groups in total. The van der Waals surface area contributed by atoms with Crippen molar-refractivity contribution in [1.29, 1.82) is 0 Å². The summed E-state index contributed by atoms with van der Waals surface area (Å²) in [6, 6.07) is 0. The normalized spacial score (nSPS) is 38.3. The fraction of sp³-hybridized carbons (Fsp3) is 0.524. The molecule has 44 heavy (non-hydrogen) atoms. The lowest BCUT2D eigenvalue weighted by molar-refractivity contribution is -0.0675. The molecule has 3 fully saturated rings. The zero-order chi connectivity index (χ0) is 31.0. The summed E-state index contributed by atoms with van der Waals surface area (Å²) in [7, 11) is -10.0. The van der Waals surface area contributed by atoms with Gasteiger partial charge in [0.25, 0.3) is 0 Å². The number of fused-ring (bicyclic) bond motifs is 6. The molecule has 3 saturated heterocycles. The topological polar surface area (TPSA) is 284 Å². The molecule has 0 spiro atoms. The van der Waals surface area contributed by atoms with Crippen molar-refractivity contribution in [3.05, 3.63) is 31.0 Å². The van der Waals surface area contributed by atoms with Gasteiger partial charge in [0, 0.05) is 0 Å². The Kier molecular flexibility index (Phi) is 7.28. The van der Waals surface area contributed by atoms with E-state index in [1.54, 1.807) is 6.92 Å². The molecule has 10 atom stereocenters. The van der Waals surface area contributed by atoms with Crippen molar-refractivity contribution in [2.24, 2.45) is 0 Å². The van der Waals surface area contributed by atoms with Crippen molar-refractivity contribution in [3.63, 3.8) is 0 Å². The Labute approximate surface area is 245 Å². The minimum Gasteiger partial charge on any atom is -0.387 e. The number of nitrogen functional groups attached to an aromatic ring is 1. The predicted octanol–water partition coefficient (Wildman–Crippen LogP) is -0.909. The summed E-state index contributed by atoms with van der Waals surface area (Å²) >= 11 is 0. The van der Waals surface area contributed by atoms with Gasteiger partial charge in [-0.1, -0.05) is 0 Å². The Morgan fingerprint density at radius 3 is 1.80 bits per heavy atom. The number of aliphatic hydroxyl groups excluding tert-OH is 2. The minimum atomic E-state index is -5.01. The Bertz CT molecular complexity index is 1690. The molecule has 0 amide bonds. The number of aromatic nitrogens is 8. The smallest absolute Gasteiger partial charge is 0.387 e. The minimum absolute atomic E-state index is 0.0377. The molecule has 0 aromatic carbocycles. The highest BCUT2D eigenvalue weighted by Crippen LogP contribution is 2.53. The van der Waals surface area contributed by atoms with Crippen molar-refractivity contribution in [1.82, 2.24) is 39.0 Å². The Balaban J connectivity index is 1.22. The first kappa shape index (κ1) is 29.7. The van der Waals surface area contributed by atoms with Crippen molar-refractivity contribution >= 4 is 43.8 Å². The Hall–Kier alpha value is -3.04. The average Bonchev–Trinajstić information content (AvgIpc) is 3.73. The summed E-state index contributed by atoms with van der Waals surface area (Å²) in [6.45, 7) is 0.182. The van der Waals surface area contributed by atoms with Gasteiger partial charge in [-0.3, -0.25) is 27.2 Å². The summed E-state index contributed by atoms with van der Waals surface area (Å²) in [5.41, 5.74) is 7.35. The van der Waals surface area contributed by atoms with E-state index in [1.165, 1.54) is 28.1 Å². The van der Waals surface area contributed by atoms with Gasteiger partial charge in [0.15, 0.2) is 29.6 Å². The lowest BCUT2D eigenvalue weighted by atomic mass is 10.1. The second kappa shape index (κ2) is 10.8. The molecule has 10 unspecified atom stereocenters. The molecule has 7 heterocycles. The van der Waals surface area contributed by atoms with Gasteiger partial charge in [0.05, 0.1) is 31.6 Å². The highest BCUT2D eigenvalue weighted by molar-refractivity contribution is 7.47. The molecular formula is C21H25N9O12P2. The highest BCUT2D eigenvalue weighted by atomic mass is 31.2. The maximum Gasteiger partial charge on any atom is 0.472 e. The molecule has 3 aliphatic heterocycles. The molecule has 4 aromatic heterocycles. The third-order valence-corrected chi connectivity index (χ3v) is 9.39. The number of nitrogens with zero attached hydrogens (tertiary/aromatic N) is 8. The first-order chi connectivity index (χ1) is 20.9. The second-order valence-electron chi connectivity index (χ2n) is 10.1. The average molecular weight is 657 g/mol. The van der Waals surface area contributed by atoms with Crippen molar-refractivity contribution in [2.75, 3.05) is 18.9 Å². The number of rotatable bonds is 2. The zero-order valence-corrected chi connectivity index (χ0v) is 24.2. The molecule has 3 aliphatic rings. The summed E-state index contributed by atoms with van der Waals surface area (Å²) in [5.74, 6) is 0.0377. The summed E-state index contributed by atoms with van der Waals surface area (Å²) < 4.78 is 61.8. The number of aryl methyl sites for hydroxylation is 1. The van der Waals surface area contributed by atoms with Gasteiger partial charge in [-0.05, 0) is 6.92 Å². The molecule has 4 bridgehead atoms. The van der Waals surface area contributed by atoms with Gasteiger partial charge in [-0.25, -0.2) is 39.0 Å². The van der Waals surface area contributed by atoms with Crippen LogP contribution in [0.4, 0.5) is 5.82 Å². The van der Waals surface area contributed by atoms with Crippen molar-refractivity contribution in [2.45, 2.75) is 56.0 Å².